The van der Waals surface area contributed by atoms with Gasteiger partial charge < -0.3 is 10.1 Å². The summed E-state index contributed by atoms with van der Waals surface area (Å²) in [6.07, 6.45) is 4.98. The van der Waals surface area contributed by atoms with Gasteiger partial charge in [-0.1, -0.05) is 31.2 Å². The number of esters is 1. The molecular weight excluding hydrogens is 378 g/mol. The Morgan fingerprint density at radius 1 is 1.18 bits per heavy atom. The summed E-state index contributed by atoms with van der Waals surface area (Å²) in [5.74, 6) is -2.31. The Balaban J connectivity index is 1.64. The number of hydrogen-bond donors (Lipinski definition) is 2. The number of carbonyl (C=O) groups is 3. The van der Waals surface area contributed by atoms with Crippen molar-refractivity contribution >= 4 is 40.3 Å². The van der Waals surface area contributed by atoms with Crippen molar-refractivity contribution < 1.29 is 19.1 Å². The summed E-state index contributed by atoms with van der Waals surface area (Å²) in [5.41, 5.74) is 5.46. The van der Waals surface area contributed by atoms with Gasteiger partial charge in [0.2, 0.25) is 0 Å². The highest BCUT2D eigenvalue weighted by atomic mass is 32.1. The number of methoxy groups -OCH3 is 1. The first-order valence-corrected chi connectivity index (χ1v) is 9.81. The van der Waals surface area contributed by atoms with E-state index in [1.54, 1.807) is 0 Å². The molecule has 1 aromatic heterocycles. The maximum atomic E-state index is 12.2. The summed E-state index contributed by atoms with van der Waals surface area (Å²) in [6.45, 7) is 2.07. The highest BCUT2D eigenvalue weighted by Crippen LogP contribution is 2.39. The van der Waals surface area contributed by atoms with Crippen LogP contribution in [-0.4, -0.2) is 31.1 Å². The summed E-state index contributed by atoms with van der Waals surface area (Å²) < 4.78 is 4.83. The number of nitrogens with zero attached hydrogens (tertiary/aromatic N) is 1. The molecule has 1 aromatic carbocycles. The normalized spacial score (nSPS) is 12.6. The average molecular weight is 399 g/mol. The van der Waals surface area contributed by atoms with Gasteiger partial charge in [0.25, 0.3) is 0 Å². The number of benzene rings is 1. The molecule has 7 nitrogen and oxygen atoms in total. The van der Waals surface area contributed by atoms with Gasteiger partial charge in [0, 0.05) is 4.88 Å². The molecule has 1 heterocycles. The van der Waals surface area contributed by atoms with Gasteiger partial charge in [0.05, 0.1) is 18.9 Å². The zero-order valence-electron chi connectivity index (χ0n) is 15.7. The van der Waals surface area contributed by atoms with Crippen LogP contribution in [0.1, 0.15) is 45.3 Å². The fourth-order valence-electron chi connectivity index (χ4n) is 3.03. The molecule has 3 rings (SSSR count). The zero-order valence-corrected chi connectivity index (χ0v) is 16.5. The number of hydrazone groups is 1. The van der Waals surface area contributed by atoms with Crippen molar-refractivity contribution in [3.8, 4) is 0 Å². The molecule has 1 aliphatic carbocycles. The monoisotopic (exact) mass is 399 g/mol. The van der Waals surface area contributed by atoms with Crippen LogP contribution in [0.15, 0.2) is 29.4 Å². The van der Waals surface area contributed by atoms with Gasteiger partial charge in [-0.05, 0) is 42.4 Å². The molecule has 146 valence electrons. The lowest BCUT2D eigenvalue weighted by atomic mass is 10.1. The van der Waals surface area contributed by atoms with E-state index in [1.807, 2.05) is 24.3 Å². The molecular formula is C20H21N3O4S. The molecule has 0 unspecified atom stereocenters. The van der Waals surface area contributed by atoms with Crippen molar-refractivity contribution in [1.29, 1.82) is 0 Å². The second kappa shape index (κ2) is 8.79. The van der Waals surface area contributed by atoms with Crippen LogP contribution < -0.4 is 10.7 Å². The van der Waals surface area contributed by atoms with E-state index in [0.717, 1.165) is 41.7 Å². The van der Waals surface area contributed by atoms with Gasteiger partial charge in [-0.3, -0.25) is 9.59 Å². The highest BCUT2D eigenvalue weighted by Gasteiger charge is 2.29. The number of carbonyl (C=O) groups excluding carboxylic acids is 3. The first-order chi connectivity index (χ1) is 13.5. The van der Waals surface area contributed by atoms with Crippen LogP contribution in [0.3, 0.4) is 0 Å². The fraction of sp³-hybridized carbons (Fsp3) is 0.300. The summed E-state index contributed by atoms with van der Waals surface area (Å²) in [7, 11) is 1.29. The maximum absolute atomic E-state index is 12.2. The number of anilines is 1. The van der Waals surface area contributed by atoms with E-state index in [1.165, 1.54) is 30.2 Å². The number of aryl methyl sites for hydroxylation is 2. The topological polar surface area (TPSA) is 96.9 Å². The lowest BCUT2D eigenvalue weighted by Gasteiger charge is -2.06. The Hall–Kier alpha value is -3.00. The Labute approximate surface area is 166 Å². The van der Waals surface area contributed by atoms with Gasteiger partial charge in [-0.25, -0.2) is 10.2 Å². The molecule has 0 radical (unpaired) electrons. The number of amides is 2. The van der Waals surface area contributed by atoms with Gasteiger partial charge in [-0.2, -0.15) is 5.10 Å². The predicted octanol–water partition coefficient (Wildman–Crippen LogP) is 2.67. The third kappa shape index (κ3) is 4.28. The lowest BCUT2D eigenvalue weighted by Crippen LogP contribution is -2.32. The Morgan fingerprint density at radius 2 is 1.93 bits per heavy atom. The van der Waals surface area contributed by atoms with E-state index >= 15 is 0 Å². The average Bonchev–Trinajstić information content (AvgIpc) is 3.28. The maximum Gasteiger partial charge on any atom is 0.341 e. The highest BCUT2D eigenvalue weighted by molar-refractivity contribution is 7.17. The van der Waals surface area contributed by atoms with E-state index in [4.69, 9.17) is 4.74 Å². The largest absolute Gasteiger partial charge is 0.465 e. The number of ether oxygens (including phenoxy) is 1. The third-order valence-electron chi connectivity index (χ3n) is 4.51. The van der Waals surface area contributed by atoms with E-state index in [2.05, 4.69) is 22.8 Å². The quantitative estimate of drug-likeness (QED) is 0.350. The first kappa shape index (κ1) is 19.8. The number of thiophene rings is 1. The Bertz CT molecular complexity index is 932. The number of hydrogen-bond acceptors (Lipinski definition) is 6. The number of nitrogens with one attached hydrogen (secondary N) is 2. The molecule has 2 amide bonds. The number of rotatable bonds is 5. The summed E-state index contributed by atoms with van der Waals surface area (Å²) >= 11 is 1.31. The van der Waals surface area contributed by atoms with Crippen LogP contribution in [0.25, 0.3) is 0 Å². The number of fused-ring (bicyclic) bond motifs is 1. The SMILES string of the molecule is CCc1ccc(C=NNC(=O)C(=O)Nc2sc3c(c2C(=O)OC)CCC3)cc1. The van der Waals surface area contributed by atoms with E-state index < -0.39 is 17.8 Å². The zero-order chi connectivity index (χ0) is 20.1. The van der Waals surface area contributed by atoms with Crippen LogP contribution in [0.5, 0.6) is 0 Å². The third-order valence-corrected chi connectivity index (χ3v) is 5.72. The molecule has 0 saturated carbocycles. The van der Waals surface area contributed by atoms with Crippen LogP contribution in [0.2, 0.25) is 0 Å². The molecule has 1 aliphatic rings. The van der Waals surface area contributed by atoms with Crippen molar-refractivity contribution in [2.45, 2.75) is 32.6 Å². The van der Waals surface area contributed by atoms with Crippen molar-refractivity contribution in [1.82, 2.24) is 5.43 Å². The molecule has 0 spiro atoms. The second-order valence-electron chi connectivity index (χ2n) is 6.30. The first-order valence-electron chi connectivity index (χ1n) is 8.99. The minimum absolute atomic E-state index is 0.343. The second-order valence-corrected chi connectivity index (χ2v) is 7.41. The molecule has 0 aliphatic heterocycles. The fourth-order valence-corrected chi connectivity index (χ4v) is 4.30. The van der Waals surface area contributed by atoms with E-state index in [-0.39, 0.29) is 0 Å². The Kier molecular flexibility index (Phi) is 6.20. The van der Waals surface area contributed by atoms with E-state index in [9.17, 15) is 14.4 Å². The van der Waals surface area contributed by atoms with Crippen molar-refractivity contribution in [3.63, 3.8) is 0 Å². The van der Waals surface area contributed by atoms with Crippen molar-refractivity contribution in [2.75, 3.05) is 12.4 Å². The molecule has 8 heteroatoms. The molecule has 28 heavy (non-hydrogen) atoms. The molecule has 0 bridgehead atoms. The van der Waals surface area contributed by atoms with Gasteiger partial charge in [-0.15, -0.1) is 11.3 Å². The standard InChI is InChI=1S/C20H21N3O4S/c1-3-12-7-9-13(10-8-12)11-21-23-18(25)17(24)22-19-16(20(26)27-2)14-5-4-6-15(14)28-19/h7-11H,3-6H2,1-2H3,(H,22,24)(H,23,25). The summed E-state index contributed by atoms with van der Waals surface area (Å²) in [4.78, 5) is 37.3. The van der Waals surface area contributed by atoms with Crippen LogP contribution in [-0.2, 0) is 33.6 Å². The van der Waals surface area contributed by atoms with Crippen LogP contribution in [0.4, 0.5) is 5.00 Å². The van der Waals surface area contributed by atoms with Crippen LogP contribution in [0, 0.1) is 0 Å². The van der Waals surface area contributed by atoms with Gasteiger partial charge in [0.1, 0.15) is 5.00 Å². The smallest absolute Gasteiger partial charge is 0.341 e. The molecule has 2 aromatic rings. The minimum atomic E-state index is -0.911. The molecule has 2 N–H and O–H groups in total. The molecule has 0 atom stereocenters. The molecule has 0 saturated heterocycles. The van der Waals surface area contributed by atoms with Crippen LogP contribution >= 0.6 is 11.3 Å². The molecule has 0 fully saturated rings. The lowest BCUT2D eigenvalue weighted by molar-refractivity contribution is -0.136. The Morgan fingerprint density at radius 3 is 2.61 bits per heavy atom. The van der Waals surface area contributed by atoms with Gasteiger partial charge in [0.15, 0.2) is 0 Å². The van der Waals surface area contributed by atoms with Crippen molar-refractivity contribution in [2.24, 2.45) is 5.10 Å². The van der Waals surface area contributed by atoms with Crippen molar-refractivity contribution in [3.05, 3.63) is 51.4 Å². The minimum Gasteiger partial charge on any atom is -0.465 e. The predicted molar refractivity (Wildman–Crippen MR) is 108 cm³/mol. The van der Waals surface area contributed by atoms with Gasteiger partial charge >= 0.3 is 17.8 Å². The summed E-state index contributed by atoms with van der Waals surface area (Å²) in [6, 6.07) is 7.70. The summed E-state index contributed by atoms with van der Waals surface area (Å²) in [5, 5.41) is 6.66. The van der Waals surface area contributed by atoms with E-state index in [0.29, 0.717) is 10.6 Å².